The smallest absolute Gasteiger partial charge is 0.354 e. The van der Waals surface area contributed by atoms with Crippen LogP contribution in [-0.4, -0.2) is 26.8 Å². The van der Waals surface area contributed by atoms with Gasteiger partial charge in [-0.05, 0) is 19.1 Å². The van der Waals surface area contributed by atoms with Crippen LogP contribution >= 0.6 is 0 Å². The summed E-state index contributed by atoms with van der Waals surface area (Å²) in [4.78, 5) is 22.8. The van der Waals surface area contributed by atoms with E-state index in [1.165, 1.54) is 13.1 Å². The van der Waals surface area contributed by atoms with Gasteiger partial charge in [-0.2, -0.15) is 5.10 Å². The summed E-state index contributed by atoms with van der Waals surface area (Å²) in [7, 11) is 1.48. The maximum atomic E-state index is 11.9. The lowest BCUT2D eigenvalue weighted by Crippen LogP contribution is -2.12. The zero-order valence-electron chi connectivity index (χ0n) is 10.5. The van der Waals surface area contributed by atoms with Gasteiger partial charge in [0.05, 0.1) is 0 Å². The second-order valence-corrected chi connectivity index (χ2v) is 4.16. The van der Waals surface area contributed by atoms with Crippen molar-refractivity contribution in [1.82, 2.24) is 9.78 Å². The molecule has 0 unspecified atom stereocenters. The van der Waals surface area contributed by atoms with Crippen LogP contribution in [0.4, 0.5) is 5.69 Å². The Labute approximate surface area is 109 Å². The summed E-state index contributed by atoms with van der Waals surface area (Å²) in [5, 5.41) is 15.4. The van der Waals surface area contributed by atoms with E-state index in [0.29, 0.717) is 5.69 Å². The third-order valence-corrected chi connectivity index (χ3v) is 2.64. The molecule has 0 saturated carbocycles. The molecular formula is C13H13N3O3. The predicted molar refractivity (Wildman–Crippen MR) is 69.3 cm³/mol. The summed E-state index contributed by atoms with van der Waals surface area (Å²) in [6.07, 6.45) is 0. The Bertz CT molecular complexity index is 629. The van der Waals surface area contributed by atoms with Gasteiger partial charge in [0.2, 0.25) is 0 Å². The van der Waals surface area contributed by atoms with E-state index in [1.807, 2.05) is 19.1 Å². The molecule has 0 radical (unpaired) electrons. The fourth-order valence-corrected chi connectivity index (χ4v) is 1.61. The lowest BCUT2D eigenvalue weighted by Gasteiger charge is -2.02. The Morgan fingerprint density at radius 2 is 1.89 bits per heavy atom. The number of carboxylic acid groups (broad SMARTS) is 1. The number of aryl methyl sites for hydroxylation is 2. The lowest BCUT2D eigenvalue weighted by molar-refractivity contribution is 0.0685. The first-order chi connectivity index (χ1) is 8.97. The number of carboxylic acids is 1. The highest BCUT2D eigenvalue weighted by molar-refractivity contribution is 6.04. The van der Waals surface area contributed by atoms with Crippen molar-refractivity contribution < 1.29 is 14.7 Å². The molecule has 0 spiro atoms. The number of aromatic carboxylic acids is 1. The zero-order valence-corrected chi connectivity index (χ0v) is 10.5. The van der Waals surface area contributed by atoms with Crippen LogP contribution in [0.3, 0.4) is 0 Å². The van der Waals surface area contributed by atoms with E-state index in [1.54, 1.807) is 12.1 Å². The number of nitrogens with zero attached hydrogens (tertiary/aromatic N) is 2. The van der Waals surface area contributed by atoms with Crippen molar-refractivity contribution in [2.75, 3.05) is 5.32 Å². The number of benzene rings is 1. The minimum atomic E-state index is -1.12. The first-order valence-corrected chi connectivity index (χ1v) is 5.62. The van der Waals surface area contributed by atoms with E-state index < -0.39 is 11.9 Å². The van der Waals surface area contributed by atoms with Gasteiger partial charge in [0.1, 0.15) is 5.69 Å². The van der Waals surface area contributed by atoms with E-state index in [2.05, 4.69) is 10.4 Å². The molecule has 1 heterocycles. The number of rotatable bonds is 3. The Morgan fingerprint density at radius 3 is 2.42 bits per heavy atom. The van der Waals surface area contributed by atoms with Crippen molar-refractivity contribution in [2.24, 2.45) is 7.05 Å². The van der Waals surface area contributed by atoms with Crippen molar-refractivity contribution in [3.63, 3.8) is 0 Å². The molecule has 19 heavy (non-hydrogen) atoms. The summed E-state index contributed by atoms with van der Waals surface area (Å²) in [6.45, 7) is 1.95. The van der Waals surface area contributed by atoms with Crippen molar-refractivity contribution >= 4 is 17.6 Å². The lowest BCUT2D eigenvalue weighted by atomic mass is 10.2. The second-order valence-electron chi connectivity index (χ2n) is 4.16. The van der Waals surface area contributed by atoms with Gasteiger partial charge in [-0.3, -0.25) is 9.48 Å². The number of carbonyl (C=O) groups excluding carboxylic acids is 1. The van der Waals surface area contributed by atoms with Gasteiger partial charge < -0.3 is 10.4 Å². The SMILES string of the molecule is Cc1ccc(NC(=O)c2cc(C(=O)O)n(C)n2)cc1. The summed E-state index contributed by atoms with van der Waals surface area (Å²) in [6, 6.07) is 8.53. The van der Waals surface area contributed by atoms with Crippen molar-refractivity contribution in [2.45, 2.75) is 6.92 Å². The molecule has 1 amide bonds. The molecule has 2 N–H and O–H groups in total. The Morgan fingerprint density at radius 1 is 1.26 bits per heavy atom. The van der Waals surface area contributed by atoms with Gasteiger partial charge in [0.25, 0.3) is 5.91 Å². The molecule has 0 fully saturated rings. The molecule has 0 aliphatic heterocycles. The molecule has 98 valence electrons. The van der Waals surface area contributed by atoms with Crippen LogP contribution < -0.4 is 5.32 Å². The fraction of sp³-hybridized carbons (Fsp3) is 0.154. The number of carbonyl (C=O) groups is 2. The van der Waals surface area contributed by atoms with Crippen molar-refractivity contribution in [3.8, 4) is 0 Å². The van der Waals surface area contributed by atoms with Gasteiger partial charge in [-0.1, -0.05) is 17.7 Å². The molecule has 2 aromatic rings. The number of nitrogens with one attached hydrogen (secondary N) is 1. The minimum Gasteiger partial charge on any atom is -0.477 e. The van der Waals surface area contributed by atoms with Crippen LogP contribution in [0.1, 0.15) is 26.5 Å². The molecular weight excluding hydrogens is 246 g/mol. The van der Waals surface area contributed by atoms with E-state index >= 15 is 0 Å². The van der Waals surface area contributed by atoms with E-state index in [4.69, 9.17) is 5.11 Å². The first-order valence-electron chi connectivity index (χ1n) is 5.62. The normalized spacial score (nSPS) is 10.2. The van der Waals surface area contributed by atoms with Gasteiger partial charge >= 0.3 is 5.97 Å². The number of anilines is 1. The molecule has 0 aliphatic rings. The molecule has 0 bridgehead atoms. The molecule has 0 saturated heterocycles. The largest absolute Gasteiger partial charge is 0.477 e. The molecule has 1 aromatic carbocycles. The van der Waals surface area contributed by atoms with Gasteiger partial charge in [0, 0.05) is 18.8 Å². The summed E-state index contributed by atoms with van der Waals surface area (Å²) in [5.74, 6) is -1.56. The third-order valence-electron chi connectivity index (χ3n) is 2.64. The van der Waals surface area contributed by atoms with E-state index in [9.17, 15) is 9.59 Å². The number of hydrogen-bond donors (Lipinski definition) is 2. The van der Waals surface area contributed by atoms with Gasteiger partial charge in [-0.25, -0.2) is 4.79 Å². The number of aromatic nitrogens is 2. The van der Waals surface area contributed by atoms with Crippen LogP contribution in [0.15, 0.2) is 30.3 Å². The number of hydrogen-bond acceptors (Lipinski definition) is 3. The first kappa shape index (κ1) is 12.8. The third kappa shape index (κ3) is 2.79. The highest BCUT2D eigenvalue weighted by Gasteiger charge is 2.16. The van der Waals surface area contributed by atoms with Gasteiger partial charge in [-0.15, -0.1) is 0 Å². The number of amides is 1. The average molecular weight is 259 g/mol. The van der Waals surface area contributed by atoms with Crippen LogP contribution in [0.2, 0.25) is 0 Å². The molecule has 0 aliphatic carbocycles. The minimum absolute atomic E-state index is 0.0333. The topological polar surface area (TPSA) is 84.2 Å². The van der Waals surface area contributed by atoms with Crippen LogP contribution in [0.25, 0.3) is 0 Å². The Hall–Kier alpha value is -2.63. The summed E-state index contributed by atoms with van der Waals surface area (Å²) in [5.41, 5.74) is 1.76. The summed E-state index contributed by atoms with van der Waals surface area (Å²) >= 11 is 0. The maximum Gasteiger partial charge on any atom is 0.354 e. The molecule has 2 rings (SSSR count). The zero-order chi connectivity index (χ0) is 14.0. The van der Waals surface area contributed by atoms with Crippen LogP contribution in [0.5, 0.6) is 0 Å². The second kappa shape index (κ2) is 4.93. The fourth-order valence-electron chi connectivity index (χ4n) is 1.61. The summed E-state index contributed by atoms with van der Waals surface area (Å²) < 4.78 is 1.16. The van der Waals surface area contributed by atoms with Crippen molar-refractivity contribution in [3.05, 3.63) is 47.3 Å². The van der Waals surface area contributed by atoms with Crippen LogP contribution in [-0.2, 0) is 7.05 Å². The maximum absolute atomic E-state index is 11.9. The van der Waals surface area contributed by atoms with E-state index in [-0.39, 0.29) is 11.4 Å². The Balaban J connectivity index is 2.18. The van der Waals surface area contributed by atoms with Gasteiger partial charge in [0.15, 0.2) is 5.69 Å². The Kier molecular flexibility index (Phi) is 3.33. The highest BCUT2D eigenvalue weighted by atomic mass is 16.4. The standard InChI is InChI=1S/C13H13N3O3/c1-8-3-5-9(6-4-8)14-12(17)10-7-11(13(18)19)16(2)15-10/h3-7H,1-2H3,(H,14,17)(H,18,19). The van der Waals surface area contributed by atoms with E-state index in [0.717, 1.165) is 10.2 Å². The monoisotopic (exact) mass is 259 g/mol. The predicted octanol–water partition coefficient (Wildman–Crippen LogP) is 1.68. The quantitative estimate of drug-likeness (QED) is 0.878. The molecule has 6 heteroatoms. The van der Waals surface area contributed by atoms with Crippen LogP contribution in [0, 0.1) is 6.92 Å². The molecule has 0 atom stereocenters. The van der Waals surface area contributed by atoms with Crippen molar-refractivity contribution in [1.29, 1.82) is 0 Å². The average Bonchev–Trinajstić information content (AvgIpc) is 2.74. The molecule has 6 nitrogen and oxygen atoms in total. The highest BCUT2D eigenvalue weighted by Crippen LogP contribution is 2.11. The molecule has 1 aromatic heterocycles.